The number of aryl methyl sites for hydroxylation is 2. The Morgan fingerprint density at radius 2 is 1.84 bits per heavy atom. The predicted octanol–water partition coefficient (Wildman–Crippen LogP) is 5.24. The van der Waals surface area contributed by atoms with E-state index in [9.17, 15) is 0 Å². The van der Waals surface area contributed by atoms with Crippen LogP contribution in [0.5, 0.6) is 0 Å². The van der Waals surface area contributed by atoms with Gasteiger partial charge in [0.1, 0.15) is 0 Å². The summed E-state index contributed by atoms with van der Waals surface area (Å²) >= 11 is 5.39. The van der Waals surface area contributed by atoms with Gasteiger partial charge in [0.15, 0.2) is 0 Å². The summed E-state index contributed by atoms with van der Waals surface area (Å²) in [6.07, 6.45) is 0. The molecule has 3 heteroatoms. The van der Waals surface area contributed by atoms with E-state index in [2.05, 4.69) is 66.2 Å². The van der Waals surface area contributed by atoms with Crippen LogP contribution < -0.4 is 5.73 Å². The molecule has 0 radical (unpaired) electrons. The molecule has 19 heavy (non-hydrogen) atoms. The summed E-state index contributed by atoms with van der Waals surface area (Å²) in [6.45, 7) is 6.27. The highest BCUT2D eigenvalue weighted by Crippen LogP contribution is 2.34. The van der Waals surface area contributed by atoms with Crippen LogP contribution in [-0.4, -0.2) is 0 Å². The lowest BCUT2D eigenvalue weighted by Gasteiger charge is -2.11. The molecule has 1 atom stereocenters. The molecule has 0 aliphatic carbocycles. The molecule has 0 saturated heterocycles. The molecule has 0 aromatic heterocycles. The van der Waals surface area contributed by atoms with E-state index in [0.29, 0.717) is 0 Å². The maximum atomic E-state index is 5.92. The van der Waals surface area contributed by atoms with Gasteiger partial charge in [0.05, 0.1) is 0 Å². The molecule has 2 rings (SSSR count). The molecular weight excluding hydrogens is 318 g/mol. The summed E-state index contributed by atoms with van der Waals surface area (Å²) in [5.74, 6) is 0. The second kappa shape index (κ2) is 6.12. The van der Waals surface area contributed by atoms with Crippen molar-refractivity contribution >= 4 is 27.7 Å². The van der Waals surface area contributed by atoms with Gasteiger partial charge in [-0.2, -0.15) is 0 Å². The molecule has 0 fully saturated rings. The molecule has 2 N–H and O–H groups in total. The Hall–Kier alpha value is -0.770. The van der Waals surface area contributed by atoms with E-state index in [1.807, 2.05) is 6.92 Å². The fourth-order valence-electron chi connectivity index (χ4n) is 1.88. The zero-order chi connectivity index (χ0) is 14.0. The van der Waals surface area contributed by atoms with E-state index in [0.717, 1.165) is 10.0 Å². The minimum Gasteiger partial charge on any atom is -0.324 e. The lowest BCUT2D eigenvalue weighted by atomic mass is 10.1. The van der Waals surface area contributed by atoms with Crippen molar-refractivity contribution in [3.05, 3.63) is 57.6 Å². The van der Waals surface area contributed by atoms with Crippen molar-refractivity contribution in [3.63, 3.8) is 0 Å². The van der Waals surface area contributed by atoms with Crippen molar-refractivity contribution in [1.29, 1.82) is 0 Å². The van der Waals surface area contributed by atoms with Gasteiger partial charge in [-0.15, -0.1) is 0 Å². The fourth-order valence-corrected chi connectivity index (χ4v) is 3.82. The minimum absolute atomic E-state index is 0.0501. The van der Waals surface area contributed by atoms with Gasteiger partial charge in [0.2, 0.25) is 0 Å². The monoisotopic (exact) mass is 335 g/mol. The maximum absolute atomic E-state index is 5.92. The minimum atomic E-state index is 0.0501. The van der Waals surface area contributed by atoms with Crippen LogP contribution >= 0.6 is 27.7 Å². The third-order valence-electron chi connectivity index (χ3n) is 3.03. The summed E-state index contributed by atoms with van der Waals surface area (Å²) in [4.78, 5) is 2.53. The van der Waals surface area contributed by atoms with Gasteiger partial charge in [-0.1, -0.05) is 45.9 Å². The highest BCUT2D eigenvalue weighted by atomic mass is 79.9. The lowest BCUT2D eigenvalue weighted by molar-refractivity contribution is 0.811. The summed E-state index contributed by atoms with van der Waals surface area (Å²) < 4.78 is 1.08. The zero-order valence-electron chi connectivity index (χ0n) is 11.4. The molecule has 0 unspecified atom stereocenters. The van der Waals surface area contributed by atoms with Gasteiger partial charge in [-0.25, -0.2) is 0 Å². The first-order chi connectivity index (χ1) is 8.97. The first-order valence-corrected chi connectivity index (χ1v) is 7.88. The van der Waals surface area contributed by atoms with Crippen molar-refractivity contribution in [2.75, 3.05) is 0 Å². The molecule has 2 aromatic carbocycles. The Morgan fingerprint density at radius 3 is 2.47 bits per heavy atom. The number of hydrogen-bond donors (Lipinski definition) is 1. The number of hydrogen-bond acceptors (Lipinski definition) is 2. The average molecular weight is 336 g/mol. The van der Waals surface area contributed by atoms with E-state index in [1.165, 1.54) is 20.9 Å². The zero-order valence-corrected chi connectivity index (χ0v) is 13.8. The Bertz CT molecular complexity index is 593. The Morgan fingerprint density at radius 1 is 1.11 bits per heavy atom. The Kier molecular flexibility index (Phi) is 4.71. The molecule has 0 spiro atoms. The number of rotatable bonds is 3. The normalized spacial score (nSPS) is 12.5. The first-order valence-electron chi connectivity index (χ1n) is 6.27. The predicted molar refractivity (Wildman–Crippen MR) is 86.8 cm³/mol. The third-order valence-corrected chi connectivity index (χ3v) is 4.87. The van der Waals surface area contributed by atoms with Crippen LogP contribution in [0, 0.1) is 13.8 Å². The molecule has 0 bridgehead atoms. The number of benzene rings is 2. The second-order valence-electron chi connectivity index (χ2n) is 4.84. The quantitative estimate of drug-likeness (QED) is 0.830. The fraction of sp³-hybridized carbons (Fsp3) is 0.250. The molecule has 0 heterocycles. The Labute approximate surface area is 127 Å². The maximum Gasteiger partial charge on any atom is 0.0277 e. The average Bonchev–Trinajstić information content (AvgIpc) is 2.33. The number of halogens is 1. The molecule has 0 saturated carbocycles. The van der Waals surface area contributed by atoms with Crippen molar-refractivity contribution < 1.29 is 0 Å². The van der Waals surface area contributed by atoms with Gasteiger partial charge in [-0.05, 0) is 55.7 Å². The van der Waals surface area contributed by atoms with Crippen LogP contribution in [0.2, 0.25) is 0 Å². The highest BCUT2D eigenvalue weighted by molar-refractivity contribution is 9.10. The van der Waals surface area contributed by atoms with Crippen LogP contribution in [0.15, 0.2) is 50.7 Å². The van der Waals surface area contributed by atoms with E-state index in [1.54, 1.807) is 11.8 Å². The van der Waals surface area contributed by atoms with Gasteiger partial charge >= 0.3 is 0 Å². The topological polar surface area (TPSA) is 26.0 Å². The van der Waals surface area contributed by atoms with Crippen LogP contribution in [0.3, 0.4) is 0 Å². The van der Waals surface area contributed by atoms with Gasteiger partial charge in [-0.3, -0.25) is 0 Å². The molecule has 2 aromatic rings. The summed E-state index contributed by atoms with van der Waals surface area (Å²) in [5.41, 5.74) is 9.67. The van der Waals surface area contributed by atoms with E-state index in [4.69, 9.17) is 5.73 Å². The summed E-state index contributed by atoms with van der Waals surface area (Å²) in [6, 6.07) is 13.0. The van der Waals surface area contributed by atoms with Crippen molar-refractivity contribution in [1.82, 2.24) is 0 Å². The van der Waals surface area contributed by atoms with Gasteiger partial charge in [0.25, 0.3) is 0 Å². The van der Waals surface area contributed by atoms with E-state index in [-0.39, 0.29) is 6.04 Å². The molecule has 0 aliphatic rings. The Balaban J connectivity index is 2.29. The van der Waals surface area contributed by atoms with Gasteiger partial charge in [0, 0.05) is 20.3 Å². The van der Waals surface area contributed by atoms with Gasteiger partial charge < -0.3 is 5.73 Å². The van der Waals surface area contributed by atoms with Crippen molar-refractivity contribution in [2.45, 2.75) is 36.6 Å². The molecule has 100 valence electrons. The van der Waals surface area contributed by atoms with E-state index < -0.39 is 0 Å². The molecule has 0 amide bonds. The lowest BCUT2D eigenvalue weighted by Crippen LogP contribution is -2.05. The first kappa shape index (κ1) is 14.6. The largest absolute Gasteiger partial charge is 0.324 e. The van der Waals surface area contributed by atoms with Crippen LogP contribution in [0.4, 0.5) is 0 Å². The standard InChI is InChI=1S/C16H18BrNS/c1-10-4-5-11(2)16(8-10)19-13-6-7-14(12(3)18)15(17)9-13/h4-9,12H,18H2,1-3H3/t12-/m1/s1. The molecule has 0 aliphatic heterocycles. The summed E-state index contributed by atoms with van der Waals surface area (Å²) in [5, 5.41) is 0. The highest BCUT2D eigenvalue weighted by Gasteiger charge is 2.07. The van der Waals surface area contributed by atoms with Crippen LogP contribution in [0.1, 0.15) is 29.7 Å². The SMILES string of the molecule is Cc1ccc(C)c(Sc2ccc([C@@H](C)N)c(Br)c2)c1. The second-order valence-corrected chi connectivity index (χ2v) is 6.81. The summed E-state index contributed by atoms with van der Waals surface area (Å²) in [7, 11) is 0. The molecular formula is C16H18BrNS. The van der Waals surface area contributed by atoms with Crippen molar-refractivity contribution in [2.24, 2.45) is 5.73 Å². The van der Waals surface area contributed by atoms with Crippen LogP contribution in [-0.2, 0) is 0 Å². The van der Waals surface area contributed by atoms with Crippen LogP contribution in [0.25, 0.3) is 0 Å². The number of nitrogens with two attached hydrogens (primary N) is 1. The van der Waals surface area contributed by atoms with Crippen molar-refractivity contribution in [3.8, 4) is 0 Å². The smallest absolute Gasteiger partial charge is 0.0277 e. The third kappa shape index (κ3) is 3.62. The molecule has 1 nitrogen and oxygen atoms in total. The van der Waals surface area contributed by atoms with E-state index >= 15 is 0 Å².